The molecule has 4 rings (SSSR count). The topological polar surface area (TPSA) is 59.0 Å². The van der Waals surface area contributed by atoms with Gasteiger partial charge in [0.2, 0.25) is 0 Å². The summed E-state index contributed by atoms with van der Waals surface area (Å²) in [4.78, 5) is 31.7. The van der Waals surface area contributed by atoms with Crippen LogP contribution in [-0.2, 0) is 20.8 Å². The molecule has 2 aliphatic rings. The van der Waals surface area contributed by atoms with Gasteiger partial charge in [-0.2, -0.15) is 0 Å². The maximum atomic E-state index is 13.1. The Morgan fingerprint density at radius 1 is 1.18 bits per heavy atom. The number of carbonyl (C=O) groups excluding carboxylic acids is 2. The molecule has 2 heterocycles. The summed E-state index contributed by atoms with van der Waals surface area (Å²) in [5.74, 6) is -0.127. The van der Waals surface area contributed by atoms with Gasteiger partial charge in [0.15, 0.2) is 12.4 Å². The van der Waals surface area contributed by atoms with Crippen molar-refractivity contribution in [2.24, 2.45) is 11.1 Å². The van der Waals surface area contributed by atoms with E-state index in [4.69, 9.17) is 4.84 Å². The molecule has 28 heavy (non-hydrogen) atoms. The average Bonchev–Trinajstić information content (AvgIpc) is 3.04. The molecule has 2 aromatic carbocycles. The van der Waals surface area contributed by atoms with Gasteiger partial charge in [0.1, 0.15) is 11.6 Å². The molecule has 0 N–H and O–H groups in total. The van der Waals surface area contributed by atoms with Gasteiger partial charge in [0.05, 0.1) is 0 Å². The first kappa shape index (κ1) is 18.3. The molecule has 144 valence electrons. The fourth-order valence-electron chi connectivity index (χ4n) is 3.91. The number of hydrogen-bond acceptors (Lipinski definition) is 4. The first-order chi connectivity index (χ1) is 13.5. The van der Waals surface area contributed by atoms with Crippen LogP contribution in [0.15, 0.2) is 53.7 Å². The fourth-order valence-corrected chi connectivity index (χ4v) is 3.91. The highest BCUT2D eigenvalue weighted by molar-refractivity contribution is 6.04. The van der Waals surface area contributed by atoms with Crippen LogP contribution in [0, 0.1) is 18.7 Å². The smallest absolute Gasteiger partial charge is 0.268 e. The van der Waals surface area contributed by atoms with E-state index >= 15 is 0 Å². The standard InChI is InChI=1S/C22H21FN2O3/c1-14-2-6-16(7-3-14)20-12-25-21(27)13-28-24-22(25)19(20)11-18(26)10-15-4-8-17(23)9-5-15/h2-9,19-20H,10-13H2,1H3/t19-,20-/m0/s1. The van der Waals surface area contributed by atoms with Gasteiger partial charge >= 0.3 is 0 Å². The number of aryl methyl sites for hydroxylation is 1. The summed E-state index contributed by atoms with van der Waals surface area (Å²) < 4.78 is 13.1. The number of oxime groups is 1. The molecule has 0 unspecified atom stereocenters. The van der Waals surface area contributed by atoms with Crippen molar-refractivity contribution in [1.82, 2.24) is 4.90 Å². The zero-order valence-corrected chi connectivity index (χ0v) is 15.6. The number of fused-ring (bicyclic) bond motifs is 1. The second-order valence-electron chi connectivity index (χ2n) is 7.40. The highest BCUT2D eigenvalue weighted by Crippen LogP contribution is 2.38. The maximum Gasteiger partial charge on any atom is 0.268 e. The Labute approximate surface area is 162 Å². The minimum Gasteiger partial charge on any atom is -0.384 e. The van der Waals surface area contributed by atoms with Crippen LogP contribution < -0.4 is 0 Å². The summed E-state index contributed by atoms with van der Waals surface area (Å²) in [6.45, 7) is 2.45. The van der Waals surface area contributed by atoms with E-state index in [1.807, 2.05) is 31.2 Å². The highest BCUT2D eigenvalue weighted by atomic mass is 19.1. The van der Waals surface area contributed by atoms with E-state index in [0.717, 1.165) is 16.7 Å². The van der Waals surface area contributed by atoms with E-state index < -0.39 is 0 Å². The molecule has 0 aliphatic carbocycles. The molecule has 0 spiro atoms. The summed E-state index contributed by atoms with van der Waals surface area (Å²) in [5.41, 5.74) is 3.00. The molecule has 6 heteroatoms. The van der Waals surface area contributed by atoms with Crippen LogP contribution in [-0.4, -0.2) is 35.6 Å². The van der Waals surface area contributed by atoms with Crippen LogP contribution in [0.1, 0.15) is 29.0 Å². The lowest BCUT2D eigenvalue weighted by atomic mass is 9.84. The van der Waals surface area contributed by atoms with E-state index in [1.54, 1.807) is 17.0 Å². The molecule has 2 aliphatic heterocycles. The van der Waals surface area contributed by atoms with E-state index in [-0.39, 0.29) is 48.8 Å². The Hall–Kier alpha value is -3.02. The minimum absolute atomic E-state index is 0.0119. The average molecular weight is 380 g/mol. The number of Topliss-reactive ketones (excluding diaryl/α,β-unsaturated/α-hetero) is 1. The Balaban J connectivity index is 1.57. The van der Waals surface area contributed by atoms with Gasteiger partial charge in [0, 0.05) is 31.2 Å². The lowest BCUT2D eigenvalue weighted by Gasteiger charge is -2.22. The van der Waals surface area contributed by atoms with Crippen LogP contribution in [0.4, 0.5) is 4.39 Å². The predicted molar refractivity (Wildman–Crippen MR) is 102 cm³/mol. The number of rotatable bonds is 5. The maximum absolute atomic E-state index is 13.1. The monoisotopic (exact) mass is 380 g/mol. The molecule has 1 saturated heterocycles. The van der Waals surface area contributed by atoms with Crippen molar-refractivity contribution in [3.8, 4) is 0 Å². The Bertz CT molecular complexity index is 922. The van der Waals surface area contributed by atoms with Gasteiger partial charge < -0.3 is 4.84 Å². The van der Waals surface area contributed by atoms with Crippen molar-refractivity contribution < 1.29 is 18.8 Å². The highest BCUT2D eigenvalue weighted by Gasteiger charge is 2.44. The molecule has 5 nitrogen and oxygen atoms in total. The predicted octanol–water partition coefficient (Wildman–Crippen LogP) is 3.22. The van der Waals surface area contributed by atoms with Gasteiger partial charge in [-0.3, -0.25) is 14.5 Å². The van der Waals surface area contributed by atoms with Crippen molar-refractivity contribution in [1.29, 1.82) is 0 Å². The fraction of sp³-hybridized carbons (Fsp3) is 0.318. The third kappa shape index (κ3) is 3.67. The van der Waals surface area contributed by atoms with E-state index in [9.17, 15) is 14.0 Å². The van der Waals surface area contributed by atoms with Crippen LogP contribution in [0.2, 0.25) is 0 Å². The van der Waals surface area contributed by atoms with Crippen LogP contribution >= 0.6 is 0 Å². The summed E-state index contributed by atoms with van der Waals surface area (Å²) in [5, 5.41) is 4.11. The van der Waals surface area contributed by atoms with Gasteiger partial charge in [0.25, 0.3) is 5.91 Å². The number of benzene rings is 2. The molecular formula is C22H21FN2O3. The van der Waals surface area contributed by atoms with Crippen molar-refractivity contribution in [2.75, 3.05) is 13.2 Å². The lowest BCUT2D eigenvalue weighted by molar-refractivity contribution is -0.134. The number of hydrogen-bond donors (Lipinski definition) is 0. The normalized spacial score (nSPS) is 21.1. The lowest BCUT2D eigenvalue weighted by Crippen LogP contribution is -2.40. The summed E-state index contributed by atoms with van der Waals surface area (Å²) in [6, 6.07) is 14.1. The number of ketones is 1. The minimum atomic E-state index is -0.325. The molecule has 0 radical (unpaired) electrons. The van der Waals surface area contributed by atoms with E-state index in [1.165, 1.54) is 12.1 Å². The second kappa shape index (κ2) is 7.54. The number of carbonyl (C=O) groups is 2. The van der Waals surface area contributed by atoms with E-state index in [2.05, 4.69) is 5.16 Å². The van der Waals surface area contributed by atoms with Gasteiger partial charge in [-0.05, 0) is 30.2 Å². The molecule has 0 bridgehead atoms. The van der Waals surface area contributed by atoms with Crippen molar-refractivity contribution >= 4 is 17.5 Å². The van der Waals surface area contributed by atoms with Crippen LogP contribution in [0.5, 0.6) is 0 Å². The third-order valence-electron chi connectivity index (χ3n) is 5.39. The summed E-state index contributed by atoms with van der Waals surface area (Å²) in [6.07, 6.45) is 0.474. The number of amidine groups is 1. The molecule has 2 atom stereocenters. The second-order valence-corrected chi connectivity index (χ2v) is 7.40. The third-order valence-corrected chi connectivity index (χ3v) is 5.39. The Kier molecular flexibility index (Phi) is 4.94. The van der Waals surface area contributed by atoms with Crippen molar-refractivity contribution in [2.45, 2.75) is 25.7 Å². The number of nitrogens with zero attached hydrogens (tertiary/aromatic N) is 2. The first-order valence-electron chi connectivity index (χ1n) is 9.34. The first-order valence-corrected chi connectivity index (χ1v) is 9.34. The van der Waals surface area contributed by atoms with Gasteiger partial charge in [-0.1, -0.05) is 47.1 Å². The largest absolute Gasteiger partial charge is 0.384 e. The summed E-state index contributed by atoms with van der Waals surface area (Å²) in [7, 11) is 0. The van der Waals surface area contributed by atoms with Gasteiger partial charge in [-0.15, -0.1) is 0 Å². The molecular weight excluding hydrogens is 359 g/mol. The zero-order valence-electron chi connectivity index (χ0n) is 15.6. The molecule has 2 aromatic rings. The molecule has 1 fully saturated rings. The van der Waals surface area contributed by atoms with Crippen molar-refractivity contribution in [3.63, 3.8) is 0 Å². The Morgan fingerprint density at radius 3 is 2.61 bits per heavy atom. The molecule has 0 aromatic heterocycles. The molecule has 1 amide bonds. The van der Waals surface area contributed by atoms with E-state index in [0.29, 0.717) is 12.4 Å². The summed E-state index contributed by atoms with van der Waals surface area (Å²) >= 11 is 0. The number of amides is 1. The van der Waals surface area contributed by atoms with Crippen LogP contribution in [0.3, 0.4) is 0 Å². The van der Waals surface area contributed by atoms with Crippen LogP contribution in [0.25, 0.3) is 0 Å². The molecule has 0 saturated carbocycles. The quantitative estimate of drug-likeness (QED) is 0.800. The van der Waals surface area contributed by atoms with Gasteiger partial charge in [-0.25, -0.2) is 4.39 Å². The van der Waals surface area contributed by atoms with Crippen molar-refractivity contribution in [3.05, 3.63) is 71.0 Å². The zero-order chi connectivity index (χ0) is 19.7. The Morgan fingerprint density at radius 2 is 1.89 bits per heavy atom. The number of halogens is 1. The SMILES string of the molecule is Cc1ccc([C@@H]2CN3C(=O)CON=C3[C@H]2CC(=O)Cc2ccc(F)cc2)cc1.